The van der Waals surface area contributed by atoms with Gasteiger partial charge < -0.3 is 31.7 Å². The predicted molar refractivity (Wildman–Crippen MR) is 147 cm³/mol. The fourth-order valence-corrected chi connectivity index (χ4v) is 4.04. The highest BCUT2D eigenvalue weighted by atomic mass is 19.4. The van der Waals surface area contributed by atoms with E-state index in [0.29, 0.717) is 25.5 Å². The van der Waals surface area contributed by atoms with Gasteiger partial charge in [0.05, 0.1) is 35.5 Å². The van der Waals surface area contributed by atoms with Crippen molar-refractivity contribution in [1.82, 2.24) is 21.3 Å². The molecule has 2 aromatic carbocycles. The van der Waals surface area contributed by atoms with E-state index in [0.717, 1.165) is 28.8 Å². The number of rotatable bonds is 13. The van der Waals surface area contributed by atoms with E-state index in [1.54, 1.807) is 6.92 Å². The lowest BCUT2D eigenvalue weighted by atomic mass is 10.0. The Kier molecular flexibility index (Phi) is 12.4. The van der Waals surface area contributed by atoms with E-state index in [2.05, 4.69) is 32.7 Å². The summed E-state index contributed by atoms with van der Waals surface area (Å²) >= 11 is 0. The summed E-state index contributed by atoms with van der Waals surface area (Å²) in [7, 11) is 0. The molecule has 0 saturated heterocycles. The van der Waals surface area contributed by atoms with Gasteiger partial charge in [0.25, 0.3) is 5.91 Å². The number of amides is 4. The lowest BCUT2D eigenvalue weighted by molar-refractivity contribution is -0.137. The van der Waals surface area contributed by atoms with Gasteiger partial charge in [-0.2, -0.15) is 13.2 Å². The Bertz CT molecular complexity index is 1170. The molecule has 0 bridgehead atoms. The third-order valence-electron chi connectivity index (χ3n) is 6.16. The van der Waals surface area contributed by atoms with Gasteiger partial charge in [-0.1, -0.05) is 37.1 Å². The number of nitrogens with one attached hydrogen (secondary N) is 5. The van der Waals surface area contributed by atoms with Crippen molar-refractivity contribution < 1.29 is 32.7 Å². The van der Waals surface area contributed by atoms with Gasteiger partial charge in [-0.15, -0.1) is 0 Å². The molecule has 4 amide bonds. The molecule has 0 spiro atoms. The number of aliphatic hydroxyl groups excluding tert-OH is 1. The van der Waals surface area contributed by atoms with E-state index in [-0.39, 0.29) is 18.8 Å². The highest BCUT2D eigenvalue weighted by Crippen LogP contribution is 2.32. The minimum Gasteiger partial charge on any atom is -0.391 e. The van der Waals surface area contributed by atoms with Crippen LogP contribution in [0.15, 0.2) is 36.4 Å². The molecule has 0 radical (unpaired) electrons. The summed E-state index contributed by atoms with van der Waals surface area (Å²) in [4.78, 5) is 37.4. The highest BCUT2D eigenvalue weighted by Gasteiger charge is 2.32. The van der Waals surface area contributed by atoms with E-state index in [1.165, 1.54) is 0 Å². The molecule has 0 aliphatic carbocycles. The van der Waals surface area contributed by atoms with Gasteiger partial charge >= 0.3 is 12.2 Å². The summed E-state index contributed by atoms with van der Waals surface area (Å²) in [5, 5.41) is 23.6. The Morgan fingerprint density at radius 2 is 1.73 bits per heavy atom. The van der Waals surface area contributed by atoms with E-state index in [9.17, 15) is 32.7 Å². The van der Waals surface area contributed by atoms with Crippen molar-refractivity contribution in [3.63, 3.8) is 0 Å². The van der Waals surface area contributed by atoms with Crippen LogP contribution < -0.4 is 26.6 Å². The highest BCUT2D eigenvalue weighted by molar-refractivity contribution is 6.04. The summed E-state index contributed by atoms with van der Waals surface area (Å²) in [6.07, 6.45) is -4.46. The Morgan fingerprint density at radius 3 is 2.35 bits per heavy atom. The van der Waals surface area contributed by atoms with Crippen molar-refractivity contribution in [3.05, 3.63) is 64.2 Å². The molecular formula is C28H38F3N5O4. The maximum absolute atomic E-state index is 13.3. The van der Waals surface area contributed by atoms with Crippen LogP contribution >= 0.6 is 0 Å². The van der Waals surface area contributed by atoms with Crippen LogP contribution in [0.3, 0.4) is 0 Å². The molecule has 0 saturated carbocycles. The molecule has 2 atom stereocenters. The molecule has 0 heterocycles. The van der Waals surface area contributed by atoms with Crippen molar-refractivity contribution in [2.24, 2.45) is 0 Å². The lowest BCUT2D eigenvalue weighted by Gasteiger charge is -2.25. The zero-order valence-electron chi connectivity index (χ0n) is 23.2. The second-order valence-electron chi connectivity index (χ2n) is 9.52. The number of benzene rings is 2. The monoisotopic (exact) mass is 565 g/mol. The van der Waals surface area contributed by atoms with Crippen molar-refractivity contribution in [1.29, 1.82) is 0 Å². The molecule has 0 aliphatic heterocycles. The molecule has 2 rings (SSSR count). The average Bonchev–Trinajstić information content (AvgIpc) is 2.87. The third kappa shape index (κ3) is 10.2. The van der Waals surface area contributed by atoms with E-state index in [1.807, 2.05) is 32.9 Å². The van der Waals surface area contributed by atoms with E-state index >= 15 is 0 Å². The molecule has 12 heteroatoms. The Hall–Kier alpha value is -3.64. The van der Waals surface area contributed by atoms with Crippen LogP contribution in [-0.2, 0) is 17.5 Å². The third-order valence-corrected chi connectivity index (χ3v) is 6.16. The Labute approximate surface area is 232 Å². The minimum absolute atomic E-state index is 0.149. The van der Waals surface area contributed by atoms with Crippen molar-refractivity contribution in [2.75, 3.05) is 25.0 Å². The van der Waals surface area contributed by atoms with E-state index in [4.69, 9.17) is 0 Å². The number of hydrogen-bond donors (Lipinski definition) is 6. The standard InChI is InChI=1S/C28H38F3N5O4/c1-5-7-24(37)23(15-32-14-19-9-8-17(3)12-18(19)4)35-25(38)16-34-26(39)21-13-20(28(29,30)31)10-11-22(21)36-27(40)33-6-2/h8-13,23-24,32,37H,5-7,14-16H2,1-4H3,(H,34,39)(H,35,38)(H2,33,36,40)/t23-,24+/m0/s1. The first-order valence-electron chi connectivity index (χ1n) is 13.1. The SMILES string of the molecule is CCC[C@@H](O)[C@H](CNCc1ccc(C)cc1C)NC(=O)CNC(=O)c1cc(C(F)(F)F)ccc1NC(=O)NCC. The summed E-state index contributed by atoms with van der Waals surface area (Å²) in [5.74, 6) is -1.61. The number of urea groups is 1. The molecule has 2 aromatic rings. The molecule has 0 fully saturated rings. The molecule has 6 N–H and O–H groups in total. The summed E-state index contributed by atoms with van der Waals surface area (Å²) in [6.45, 7) is 8.03. The van der Waals surface area contributed by atoms with Gasteiger partial charge in [0.1, 0.15) is 0 Å². The van der Waals surface area contributed by atoms with Crippen LogP contribution in [0.1, 0.15) is 59.3 Å². The van der Waals surface area contributed by atoms with Crippen LogP contribution in [0.5, 0.6) is 0 Å². The van der Waals surface area contributed by atoms with Crippen molar-refractivity contribution in [2.45, 2.75) is 65.4 Å². The Balaban J connectivity index is 2.07. The first kappa shape index (κ1) is 32.6. The van der Waals surface area contributed by atoms with Gasteiger partial charge in [-0.3, -0.25) is 9.59 Å². The predicted octanol–water partition coefficient (Wildman–Crippen LogP) is 3.63. The Morgan fingerprint density at radius 1 is 1.00 bits per heavy atom. The zero-order chi connectivity index (χ0) is 29.9. The largest absolute Gasteiger partial charge is 0.416 e. The summed E-state index contributed by atoms with van der Waals surface area (Å²) < 4.78 is 39.8. The number of carbonyl (C=O) groups is 3. The van der Waals surface area contributed by atoms with Gasteiger partial charge in [-0.05, 0) is 56.5 Å². The lowest BCUT2D eigenvalue weighted by Crippen LogP contribution is -2.51. The molecule has 0 unspecified atom stereocenters. The van der Waals surface area contributed by atoms with Crippen LogP contribution in [0.25, 0.3) is 0 Å². The second-order valence-corrected chi connectivity index (χ2v) is 9.52. The van der Waals surface area contributed by atoms with Crippen LogP contribution in [0.4, 0.5) is 23.7 Å². The van der Waals surface area contributed by atoms with Crippen LogP contribution in [0, 0.1) is 13.8 Å². The number of hydrogen-bond acceptors (Lipinski definition) is 5. The van der Waals surface area contributed by atoms with Gasteiger partial charge in [0.15, 0.2) is 0 Å². The molecule has 0 aliphatic rings. The first-order chi connectivity index (χ1) is 18.8. The molecular weight excluding hydrogens is 527 g/mol. The normalized spacial score (nSPS) is 12.8. The number of aryl methyl sites for hydroxylation is 2. The smallest absolute Gasteiger partial charge is 0.391 e. The van der Waals surface area contributed by atoms with Crippen molar-refractivity contribution >= 4 is 23.5 Å². The van der Waals surface area contributed by atoms with Crippen LogP contribution in [0.2, 0.25) is 0 Å². The molecule has 40 heavy (non-hydrogen) atoms. The van der Waals surface area contributed by atoms with Gasteiger partial charge in [0, 0.05) is 19.6 Å². The fraction of sp³-hybridized carbons (Fsp3) is 0.464. The topological polar surface area (TPSA) is 132 Å². The van der Waals surface area contributed by atoms with Crippen LogP contribution in [-0.4, -0.2) is 54.7 Å². The minimum atomic E-state index is -4.72. The quantitative estimate of drug-likeness (QED) is 0.221. The molecule has 9 nitrogen and oxygen atoms in total. The maximum atomic E-state index is 13.3. The van der Waals surface area contributed by atoms with E-state index < -0.39 is 53.8 Å². The van der Waals surface area contributed by atoms with Crippen molar-refractivity contribution in [3.8, 4) is 0 Å². The summed E-state index contributed by atoms with van der Waals surface area (Å²) in [6, 6.07) is 7.03. The summed E-state index contributed by atoms with van der Waals surface area (Å²) in [5.41, 5.74) is 1.65. The first-order valence-corrected chi connectivity index (χ1v) is 13.1. The number of alkyl halides is 3. The number of halogens is 3. The molecule has 220 valence electrons. The van der Waals surface area contributed by atoms with Gasteiger partial charge in [-0.25, -0.2) is 4.79 Å². The number of aliphatic hydroxyl groups is 1. The number of anilines is 1. The second kappa shape index (κ2) is 15.2. The fourth-order valence-electron chi connectivity index (χ4n) is 4.04. The average molecular weight is 566 g/mol. The maximum Gasteiger partial charge on any atom is 0.416 e. The molecule has 0 aromatic heterocycles. The van der Waals surface area contributed by atoms with Gasteiger partial charge in [0.2, 0.25) is 5.91 Å². The zero-order valence-corrected chi connectivity index (χ0v) is 23.2. The number of carbonyl (C=O) groups excluding carboxylic acids is 3.